The standard InChI is InChI=1S/C31H36N2O3/c1-34-27-13-14-29-24(20-27)6-4-8-28(25-7-5-17-32-21-25)30(29)22-9-11-26(12-10-22)33-18-15-23(16-19-33)31(35-2)36-3/h5,7,9-14,17,20-21,23,31H,4,6,8,15-16,18-19H2,1-3H3. The van der Waals surface area contributed by atoms with Crippen molar-refractivity contribution >= 4 is 16.8 Å². The molecule has 0 bridgehead atoms. The van der Waals surface area contributed by atoms with Crippen molar-refractivity contribution in [3.05, 3.63) is 89.2 Å². The summed E-state index contributed by atoms with van der Waals surface area (Å²) in [5.74, 6) is 1.36. The number of aryl methyl sites for hydroxylation is 1. The lowest BCUT2D eigenvalue weighted by Crippen LogP contribution is -2.39. The smallest absolute Gasteiger partial charge is 0.159 e. The molecule has 0 atom stereocenters. The first-order valence-corrected chi connectivity index (χ1v) is 12.9. The van der Waals surface area contributed by atoms with Crippen LogP contribution in [0.2, 0.25) is 0 Å². The van der Waals surface area contributed by atoms with Gasteiger partial charge in [0.15, 0.2) is 6.29 Å². The highest BCUT2D eigenvalue weighted by Gasteiger charge is 2.27. The van der Waals surface area contributed by atoms with Crippen LogP contribution in [0.4, 0.5) is 5.69 Å². The van der Waals surface area contributed by atoms with Crippen LogP contribution < -0.4 is 9.64 Å². The minimum absolute atomic E-state index is 0.110. The van der Waals surface area contributed by atoms with Crippen molar-refractivity contribution in [2.24, 2.45) is 5.92 Å². The Kier molecular flexibility index (Phi) is 7.69. The van der Waals surface area contributed by atoms with Crippen LogP contribution in [-0.2, 0) is 15.9 Å². The van der Waals surface area contributed by atoms with Gasteiger partial charge in [0.25, 0.3) is 0 Å². The average Bonchev–Trinajstić information content (AvgIpc) is 3.14. The van der Waals surface area contributed by atoms with Gasteiger partial charge >= 0.3 is 0 Å². The fourth-order valence-electron chi connectivity index (χ4n) is 5.80. The van der Waals surface area contributed by atoms with E-state index in [1.54, 1.807) is 21.3 Å². The van der Waals surface area contributed by atoms with E-state index in [4.69, 9.17) is 14.2 Å². The molecule has 36 heavy (non-hydrogen) atoms. The van der Waals surface area contributed by atoms with Gasteiger partial charge < -0.3 is 19.1 Å². The summed E-state index contributed by atoms with van der Waals surface area (Å²) in [4.78, 5) is 6.91. The third-order valence-electron chi connectivity index (χ3n) is 7.68. The molecule has 5 nitrogen and oxygen atoms in total. The largest absolute Gasteiger partial charge is 0.497 e. The number of pyridine rings is 1. The van der Waals surface area contributed by atoms with E-state index in [0.717, 1.165) is 50.9 Å². The van der Waals surface area contributed by atoms with Crippen LogP contribution >= 0.6 is 0 Å². The van der Waals surface area contributed by atoms with E-state index in [1.165, 1.54) is 39.1 Å². The number of ether oxygens (including phenoxy) is 3. The van der Waals surface area contributed by atoms with Gasteiger partial charge in [-0.15, -0.1) is 0 Å². The second-order valence-corrected chi connectivity index (χ2v) is 9.68. The van der Waals surface area contributed by atoms with Gasteiger partial charge in [0, 0.05) is 51.3 Å². The van der Waals surface area contributed by atoms with Gasteiger partial charge in [-0.3, -0.25) is 4.98 Å². The summed E-state index contributed by atoms with van der Waals surface area (Å²) in [7, 11) is 5.20. The fraction of sp³-hybridized carbons (Fsp3) is 0.387. The molecule has 5 rings (SSSR count). The molecule has 3 aromatic rings. The molecule has 2 heterocycles. The summed E-state index contributed by atoms with van der Waals surface area (Å²) in [5.41, 5.74) is 9.05. The molecule has 0 radical (unpaired) electrons. The minimum Gasteiger partial charge on any atom is -0.497 e. The van der Waals surface area contributed by atoms with Gasteiger partial charge in [-0.05, 0) is 95.8 Å². The molecule has 0 amide bonds. The second-order valence-electron chi connectivity index (χ2n) is 9.68. The van der Waals surface area contributed by atoms with Gasteiger partial charge in [0.2, 0.25) is 0 Å². The molecule has 1 saturated heterocycles. The number of piperidine rings is 1. The highest BCUT2D eigenvalue weighted by Crippen LogP contribution is 2.41. The molecule has 1 aromatic heterocycles. The predicted octanol–water partition coefficient (Wildman–Crippen LogP) is 6.22. The lowest BCUT2D eigenvalue weighted by atomic mass is 9.88. The van der Waals surface area contributed by atoms with Gasteiger partial charge in [-0.1, -0.05) is 24.3 Å². The Morgan fingerprint density at radius 2 is 1.67 bits per heavy atom. The van der Waals surface area contributed by atoms with Crippen molar-refractivity contribution in [3.63, 3.8) is 0 Å². The number of hydrogen-bond acceptors (Lipinski definition) is 5. The van der Waals surface area contributed by atoms with Crippen molar-refractivity contribution in [2.75, 3.05) is 39.3 Å². The Morgan fingerprint density at radius 3 is 2.33 bits per heavy atom. The molecule has 188 valence electrons. The van der Waals surface area contributed by atoms with Crippen molar-refractivity contribution in [1.82, 2.24) is 4.98 Å². The number of benzene rings is 2. The maximum absolute atomic E-state index is 5.55. The van der Waals surface area contributed by atoms with E-state index in [0.29, 0.717) is 5.92 Å². The van der Waals surface area contributed by atoms with Crippen LogP contribution in [-0.4, -0.2) is 45.7 Å². The highest BCUT2D eigenvalue weighted by atomic mass is 16.7. The molecule has 1 aliphatic heterocycles. The van der Waals surface area contributed by atoms with Crippen LogP contribution in [0, 0.1) is 5.92 Å². The van der Waals surface area contributed by atoms with Crippen LogP contribution in [0.3, 0.4) is 0 Å². The van der Waals surface area contributed by atoms with Crippen molar-refractivity contribution in [1.29, 1.82) is 0 Å². The van der Waals surface area contributed by atoms with Crippen LogP contribution in [0.1, 0.15) is 47.9 Å². The summed E-state index contributed by atoms with van der Waals surface area (Å²) in [6.45, 7) is 2.03. The second kappa shape index (κ2) is 11.3. The zero-order valence-electron chi connectivity index (χ0n) is 21.6. The van der Waals surface area contributed by atoms with Crippen molar-refractivity contribution < 1.29 is 14.2 Å². The number of rotatable bonds is 7. The van der Waals surface area contributed by atoms with E-state index >= 15 is 0 Å². The number of anilines is 1. The van der Waals surface area contributed by atoms with E-state index < -0.39 is 0 Å². The monoisotopic (exact) mass is 484 g/mol. The van der Waals surface area contributed by atoms with Crippen molar-refractivity contribution in [3.8, 4) is 5.75 Å². The number of methoxy groups -OCH3 is 3. The topological polar surface area (TPSA) is 43.8 Å². The zero-order valence-corrected chi connectivity index (χ0v) is 21.6. The highest BCUT2D eigenvalue weighted by molar-refractivity contribution is 6.00. The summed E-state index contributed by atoms with van der Waals surface area (Å²) in [6.07, 6.45) is 9.03. The summed E-state index contributed by atoms with van der Waals surface area (Å²) in [6, 6.07) is 19.9. The SMILES string of the molecule is COc1ccc2c(c1)CCCC(c1cccnc1)=C2c1ccc(N2CCC(C(OC)OC)CC2)cc1. The van der Waals surface area contributed by atoms with Gasteiger partial charge in [0.05, 0.1) is 7.11 Å². The first-order chi connectivity index (χ1) is 17.7. The maximum atomic E-state index is 5.55. The molecule has 0 N–H and O–H groups in total. The third kappa shape index (κ3) is 5.04. The first-order valence-electron chi connectivity index (χ1n) is 12.9. The first kappa shape index (κ1) is 24.5. The van der Waals surface area contributed by atoms with Gasteiger partial charge in [-0.2, -0.15) is 0 Å². The van der Waals surface area contributed by atoms with E-state index in [9.17, 15) is 0 Å². The van der Waals surface area contributed by atoms with E-state index in [-0.39, 0.29) is 6.29 Å². The third-order valence-corrected chi connectivity index (χ3v) is 7.68. The molecule has 1 fully saturated rings. The Balaban J connectivity index is 1.48. The van der Waals surface area contributed by atoms with Crippen molar-refractivity contribution in [2.45, 2.75) is 38.4 Å². The molecule has 1 aliphatic carbocycles. The molecule has 2 aliphatic rings. The van der Waals surface area contributed by atoms with Gasteiger partial charge in [0.1, 0.15) is 5.75 Å². The molecular formula is C31H36N2O3. The molecule has 5 heteroatoms. The number of fused-ring (bicyclic) bond motifs is 1. The molecule has 2 aromatic carbocycles. The van der Waals surface area contributed by atoms with Crippen LogP contribution in [0.5, 0.6) is 5.75 Å². The molecule has 0 unspecified atom stereocenters. The molecular weight excluding hydrogens is 448 g/mol. The summed E-state index contributed by atoms with van der Waals surface area (Å²) in [5, 5.41) is 0. The predicted molar refractivity (Wildman–Crippen MR) is 145 cm³/mol. The number of aromatic nitrogens is 1. The normalized spacial score (nSPS) is 16.7. The van der Waals surface area contributed by atoms with Crippen LogP contribution in [0.25, 0.3) is 11.1 Å². The number of nitrogens with zero attached hydrogens (tertiary/aromatic N) is 2. The van der Waals surface area contributed by atoms with E-state index in [1.807, 2.05) is 18.5 Å². The van der Waals surface area contributed by atoms with Crippen LogP contribution in [0.15, 0.2) is 67.0 Å². The average molecular weight is 485 g/mol. The Hall–Kier alpha value is -3.15. The lowest BCUT2D eigenvalue weighted by Gasteiger charge is -2.36. The lowest BCUT2D eigenvalue weighted by molar-refractivity contribution is -0.141. The quantitative estimate of drug-likeness (QED) is 0.373. The fourth-order valence-corrected chi connectivity index (χ4v) is 5.80. The zero-order chi connectivity index (χ0) is 24.9. The maximum Gasteiger partial charge on any atom is 0.159 e. The summed E-state index contributed by atoms with van der Waals surface area (Å²) < 4.78 is 16.6. The molecule has 0 saturated carbocycles. The Bertz CT molecular complexity index is 1180. The molecule has 0 spiro atoms. The summed E-state index contributed by atoms with van der Waals surface area (Å²) >= 11 is 0. The van der Waals surface area contributed by atoms with E-state index in [2.05, 4.69) is 58.4 Å². The van der Waals surface area contributed by atoms with Gasteiger partial charge in [-0.25, -0.2) is 0 Å². The Labute approximate surface area is 214 Å². The minimum atomic E-state index is -0.110. The number of allylic oxidation sites excluding steroid dienone is 1. The number of hydrogen-bond donors (Lipinski definition) is 0. The Morgan fingerprint density at radius 1 is 0.889 bits per heavy atom.